The molecule has 0 aliphatic carbocycles. The summed E-state index contributed by atoms with van der Waals surface area (Å²) in [5.74, 6) is -0.360. The molecule has 2 heterocycles. The summed E-state index contributed by atoms with van der Waals surface area (Å²) in [6, 6.07) is 28.9. The van der Waals surface area contributed by atoms with Crippen LogP contribution in [0, 0.1) is 0 Å². The molecule has 0 saturated carbocycles. The number of carbonyl (C=O) groups is 3. The van der Waals surface area contributed by atoms with E-state index in [2.05, 4.69) is 81.1 Å². The van der Waals surface area contributed by atoms with Gasteiger partial charge in [0.2, 0.25) is 17.7 Å². The Bertz CT molecular complexity index is 1250. The number of benzene rings is 3. The van der Waals surface area contributed by atoms with Crippen LogP contribution in [0.4, 0.5) is 11.4 Å². The van der Waals surface area contributed by atoms with E-state index in [1.54, 1.807) is 6.92 Å². The van der Waals surface area contributed by atoms with Crippen LogP contribution in [-0.4, -0.2) is 71.3 Å². The van der Waals surface area contributed by atoms with Crippen LogP contribution in [0.2, 0.25) is 0 Å². The van der Waals surface area contributed by atoms with Crippen molar-refractivity contribution in [2.75, 3.05) is 43.4 Å². The summed E-state index contributed by atoms with van der Waals surface area (Å²) in [6.45, 7) is 6.18. The largest absolute Gasteiger partial charge is 0.365 e. The van der Waals surface area contributed by atoms with Crippen molar-refractivity contribution in [2.24, 2.45) is 0 Å². The zero-order valence-electron chi connectivity index (χ0n) is 23.0. The van der Waals surface area contributed by atoms with Gasteiger partial charge in [-0.15, -0.1) is 0 Å². The molecule has 1 atom stereocenters. The Morgan fingerprint density at radius 2 is 1.35 bits per heavy atom. The third-order valence-corrected chi connectivity index (χ3v) is 7.66. The van der Waals surface area contributed by atoms with Crippen molar-refractivity contribution in [3.05, 3.63) is 96.1 Å². The Morgan fingerprint density at radius 1 is 0.775 bits per heavy atom. The molecule has 3 aromatic rings. The molecule has 1 unspecified atom stereocenters. The van der Waals surface area contributed by atoms with Crippen LogP contribution in [0.25, 0.3) is 0 Å². The van der Waals surface area contributed by atoms with Gasteiger partial charge in [0.25, 0.3) is 0 Å². The number of hydrogen-bond acceptors (Lipinski definition) is 6. The summed E-state index contributed by atoms with van der Waals surface area (Å²) in [5, 5.41) is 6.19. The van der Waals surface area contributed by atoms with Gasteiger partial charge in [-0.25, -0.2) is 0 Å². The van der Waals surface area contributed by atoms with Gasteiger partial charge in [0.05, 0.1) is 6.04 Å². The predicted octanol–water partition coefficient (Wildman–Crippen LogP) is 4.33. The first-order chi connectivity index (χ1) is 19.5. The second kappa shape index (κ2) is 12.9. The Balaban J connectivity index is 1.11. The van der Waals surface area contributed by atoms with Crippen LogP contribution >= 0.6 is 0 Å². The Hall–Kier alpha value is -4.01. The standard InChI is InChI=1S/C32H37N5O3/c1-24(37-30(39)15-16-31(37)40)33-27-13-8-14-28(23-27)34-29(38)17-18-35-19-21-36(22-20-35)32(25-9-4-2-5-10-25)26-11-6-3-7-12-26/h2-14,23-24,32-33H,15-22H2,1H3,(H,34,38). The van der Waals surface area contributed by atoms with Gasteiger partial charge >= 0.3 is 0 Å². The second-order valence-electron chi connectivity index (χ2n) is 10.5. The highest BCUT2D eigenvalue weighted by atomic mass is 16.2. The van der Waals surface area contributed by atoms with E-state index in [0.717, 1.165) is 31.9 Å². The maximum Gasteiger partial charge on any atom is 0.231 e. The predicted molar refractivity (Wildman–Crippen MR) is 157 cm³/mol. The Morgan fingerprint density at radius 3 is 1.95 bits per heavy atom. The minimum absolute atomic E-state index is 0.0380. The van der Waals surface area contributed by atoms with E-state index >= 15 is 0 Å². The fraction of sp³-hybridized carbons (Fsp3) is 0.344. The first kappa shape index (κ1) is 27.6. The topological polar surface area (TPSA) is 85.0 Å². The van der Waals surface area contributed by atoms with Crippen molar-refractivity contribution in [1.29, 1.82) is 0 Å². The van der Waals surface area contributed by atoms with Gasteiger partial charge in [-0.1, -0.05) is 66.7 Å². The molecule has 0 spiro atoms. The summed E-state index contributed by atoms with van der Waals surface area (Å²) in [4.78, 5) is 42.9. The normalized spacial score (nSPS) is 17.3. The van der Waals surface area contributed by atoms with E-state index in [-0.39, 0.29) is 36.6 Å². The number of amides is 3. The summed E-state index contributed by atoms with van der Waals surface area (Å²) < 4.78 is 0. The molecular formula is C32H37N5O3. The lowest BCUT2D eigenvalue weighted by molar-refractivity contribution is -0.140. The van der Waals surface area contributed by atoms with Crippen molar-refractivity contribution in [1.82, 2.24) is 14.7 Å². The van der Waals surface area contributed by atoms with Gasteiger partial charge < -0.3 is 15.5 Å². The van der Waals surface area contributed by atoms with Gasteiger partial charge in [0, 0.05) is 63.4 Å². The summed E-state index contributed by atoms with van der Waals surface area (Å²) in [6.07, 6.45) is 0.481. The van der Waals surface area contributed by atoms with Gasteiger partial charge in [-0.3, -0.25) is 24.2 Å². The van der Waals surface area contributed by atoms with E-state index < -0.39 is 6.17 Å². The van der Waals surface area contributed by atoms with Crippen molar-refractivity contribution in [3.8, 4) is 0 Å². The fourth-order valence-electron chi connectivity index (χ4n) is 5.63. The van der Waals surface area contributed by atoms with E-state index in [4.69, 9.17) is 0 Å². The Labute approximate surface area is 236 Å². The number of anilines is 2. The van der Waals surface area contributed by atoms with Crippen LogP contribution in [0.5, 0.6) is 0 Å². The molecule has 40 heavy (non-hydrogen) atoms. The highest BCUT2D eigenvalue weighted by Gasteiger charge is 2.33. The molecule has 0 aromatic heterocycles. The molecule has 208 valence electrons. The highest BCUT2D eigenvalue weighted by Crippen LogP contribution is 2.29. The van der Waals surface area contributed by atoms with Gasteiger partial charge in [0.15, 0.2) is 0 Å². The minimum atomic E-state index is -0.449. The third-order valence-electron chi connectivity index (χ3n) is 7.66. The van der Waals surface area contributed by atoms with Crippen molar-refractivity contribution < 1.29 is 14.4 Å². The SMILES string of the molecule is CC(Nc1cccc(NC(=O)CCN2CCN(C(c3ccccc3)c3ccccc3)CC2)c1)N1C(=O)CCC1=O. The van der Waals surface area contributed by atoms with Crippen LogP contribution in [0.3, 0.4) is 0 Å². The van der Waals surface area contributed by atoms with Crippen LogP contribution < -0.4 is 10.6 Å². The summed E-state index contributed by atoms with van der Waals surface area (Å²) >= 11 is 0. The molecule has 3 aromatic carbocycles. The van der Waals surface area contributed by atoms with Gasteiger partial charge in [0.1, 0.15) is 6.17 Å². The molecule has 5 rings (SSSR count). The molecule has 8 heteroatoms. The Kier molecular flexibility index (Phi) is 8.88. The third kappa shape index (κ3) is 6.76. The molecule has 2 fully saturated rings. The second-order valence-corrected chi connectivity index (χ2v) is 10.5. The van der Waals surface area contributed by atoms with E-state index in [1.165, 1.54) is 16.0 Å². The van der Waals surface area contributed by atoms with E-state index in [0.29, 0.717) is 18.7 Å². The lowest BCUT2D eigenvalue weighted by atomic mass is 9.96. The van der Waals surface area contributed by atoms with Crippen molar-refractivity contribution in [3.63, 3.8) is 0 Å². The van der Waals surface area contributed by atoms with Gasteiger partial charge in [-0.2, -0.15) is 0 Å². The minimum Gasteiger partial charge on any atom is -0.365 e. The molecule has 8 nitrogen and oxygen atoms in total. The number of nitrogens with one attached hydrogen (secondary N) is 2. The smallest absolute Gasteiger partial charge is 0.231 e. The first-order valence-corrected chi connectivity index (χ1v) is 14.1. The highest BCUT2D eigenvalue weighted by molar-refractivity contribution is 6.02. The summed E-state index contributed by atoms with van der Waals surface area (Å²) in [7, 11) is 0. The molecule has 3 amide bonds. The number of imide groups is 1. The zero-order chi connectivity index (χ0) is 27.9. The molecule has 2 aliphatic heterocycles. The number of carbonyl (C=O) groups excluding carboxylic acids is 3. The maximum absolute atomic E-state index is 12.8. The lowest BCUT2D eigenvalue weighted by Crippen LogP contribution is -2.48. The molecule has 0 radical (unpaired) electrons. The summed E-state index contributed by atoms with van der Waals surface area (Å²) in [5.41, 5.74) is 4.01. The fourth-order valence-corrected chi connectivity index (χ4v) is 5.63. The van der Waals surface area contributed by atoms with E-state index in [9.17, 15) is 14.4 Å². The maximum atomic E-state index is 12.8. The zero-order valence-corrected chi connectivity index (χ0v) is 23.0. The molecule has 2 aliphatic rings. The molecule has 0 bridgehead atoms. The number of rotatable bonds is 10. The number of nitrogens with zero attached hydrogens (tertiary/aromatic N) is 3. The van der Waals surface area contributed by atoms with E-state index in [1.807, 2.05) is 24.3 Å². The van der Waals surface area contributed by atoms with Gasteiger partial charge in [-0.05, 0) is 36.2 Å². The average molecular weight is 540 g/mol. The van der Waals surface area contributed by atoms with Crippen molar-refractivity contribution in [2.45, 2.75) is 38.4 Å². The lowest BCUT2D eigenvalue weighted by Gasteiger charge is -2.39. The van der Waals surface area contributed by atoms with Crippen LogP contribution in [0.15, 0.2) is 84.9 Å². The van der Waals surface area contributed by atoms with Crippen molar-refractivity contribution >= 4 is 29.1 Å². The average Bonchev–Trinajstić information content (AvgIpc) is 3.31. The monoisotopic (exact) mass is 539 g/mol. The molecule has 2 N–H and O–H groups in total. The number of likely N-dealkylation sites (tertiary alicyclic amines) is 1. The first-order valence-electron chi connectivity index (χ1n) is 14.1. The quantitative estimate of drug-likeness (QED) is 0.373. The molecule has 2 saturated heterocycles. The molecular weight excluding hydrogens is 502 g/mol. The number of piperazine rings is 1. The van der Waals surface area contributed by atoms with Crippen LogP contribution in [0.1, 0.15) is 43.4 Å². The number of hydrogen-bond donors (Lipinski definition) is 2. The van der Waals surface area contributed by atoms with Crippen LogP contribution in [-0.2, 0) is 14.4 Å².